The van der Waals surface area contributed by atoms with Crippen molar-refractivity contribution >= 4 is 17.7 Å². The highest BCUT2D eigenvalue weighted by Gasteiger charge is 2.35. The number of hydrogen-bond acceptors (Lipinski definition) is 4. The number of aromatic nitrogens is 1. The lowest BCUT2D eigenvalue weighted by Crippen LogP contribution is -2.58. The van der Waals surface area contributed by atoms with Crippen LogP contribution in [0.2, 0.25) is 0 Å². The summed E-state index contributed by atoms with van der Waals surface area (Å²) in [5, 5.41) is 2.04. The molecule has 1 aromatic heterocycles. The molecule has 6 nitrogen and oxygen atoms in total. The summed E-state index contributed by atoms with van der Waals surface area (Å²) in [6.45, 7) is 0.990. The number of nitrogens with one attached hydrogen (secondary N) is 1. The van der Waals surface area contributed by atoms with Crippen molar-refractivity contribution in [1.29, 1.82) is 0 Å². The molecular weight excluding hydrogens is 260 g/mol. The van der Waals surface area contributed by atoms with Crippen LogP contribution in [0.25, 0.3) is 0 Å². The van der Waals surface area contributed by atoms with Gasteiger partial charge in [-0.2, -0.15) is 4.39 Å². The molecule has 0 radical (unpaired) electrons. The summed E-state index contributed by atoms with van der Waals surface area (Å²) < 4.78 is 26.4. The zero-order valence-electron chi connectivity index (χ0n) is 9.81. The number of halogens is 2. The van der Waals surface area contributed by atoms with Gasteiger partial charge in [0, 0.05) is 6.20 Å². The Balaban J connectivity index is 2.35. The molecule has 1 N–H and O–H groups in total. The summed E-state index contributed by atoms with van der Waals surface area (Å²) in [5.74, 6) is -5.09. The van der Waals surface area contributed by atoms with E-state index >= 15 is 0 Å². The standard InChI is InChI=1S/C11H9F2N3O3/c1-5-10(18)15-7(17)4-16(5)11(19)6-2-3-14-9(13)8(6)12/h2-3,5H,4H2,1H3,(H,15,17,18). The van der Waals surface area contributed by atoms with E-state index in [0.717, 1.165) is 17.2 Å². The molecule has 8 heteroatoms. The fourth-order valence-corrected chi connectivity index (χ4v) is 1.70. The number of carbonyl (C=O) groups excluding carboxylic acids is 3. The summed E-state index contributed by atoms with van der Waals surface area (Å²) in [6, 6.07) is 0.0468. The molecule has 1 aliphatic heterocycles. The van der Waals surface area contributed by atoms with Gasteiger partial charge in [-0.05, 0) is 13.0 Å². The molecule has 100 valence electrons. The number of pyridine rings is 1. The summed E-state index contributed by atoms with van der Waals surface area (Å²) in [5.41, 5.74) is -0.568. The first-order valence-electron chi connectivity index (χ1n) is 5.36. The number of amides is 3. The van der Waals surface area contributed by atoms with Crippen LogP contribution in [0.3, 0.4) is 0 Å². The van der Waals surface area contributed by atoms with Crippen molar-refractivity contribution in [2.75, 3.05) is 6.54 Å². The molecule has 3 amide bonds. The molecule has 1 fully saturated rings. The Hall–Kier alpha value is -2.38. The van der Waals surface area contributed by atoms with E-state index in [1.165, 1.54) is 6.92 Å². The van der Waals surface area contributed by atoms with Crippen LogP contribution in [-0.4, -0.2) is 40.2 Å². The predicted molar refractivity (Wildman–Crippen MR) is 57.8 cm³/mol. The molecule has 1 atom stereocenters. The summed E-state index contributed by atoms with van der Waals surface area (Å²) in [6.07, 6.45) is 0.933. The molecule has 1 saturated heterocycles. The Kier molecular flexibility index (Phi) is 3.24. The van der Waals surface area contributed by atoms with E-state index < -0.39 is 47.6 Å². The Morgan fingerprint density at radius 3 is 2.84 bits per heavy atom. The average molecular weight is 269 g/mol. The van der Waals surface area contributed by atoms with Crippen LogP contribution in [0.15, 0.2) is 12.3 Å². The van der Waals surface area contributed by atoms with Crippen LogP contribution in [0.1, 0.15) is 17.3 Å². The van der Waals surface area contributed by atoms with Gasteiger partial charge in [0.1, 0.15) is 12.6 Å². The van der Waals surface area contributed by atoms with Gasteiger partial charge in [-0.25, -0.2) is 9.37 Å². The zero-order valence-corrected chi connectivity index (χ0v) is 9.81. The van der Waals surface area contributed by atoms with E-state index in [4.69, 9.17) is 0 Å². The van der Waals surface area contributed by atoms with Crippen LogP contribution in [0.5, 0.6) is 0 Å². The van der Waals surface area contributed by atoms with E-state index in [0.29, 0.717) is 0 Å². The van der Waals surface area contributed by atoms with Crippen molar-refractivity contribution in [1.82, 2.24) is 15.2 Å². The maximum Gasteiger partial charge on any atom is 0.258 e. The second-order valence-corrected chi connectivity index (χ2v) is 3.98. The minimum Gasteiger partial charge on any atom is -0.317 e. The van der Waals surface area contributed by atoms with Crippen LogP contribution >= 0.6 is 0 Å². The third kappa shape index (κ3) is 2.28. The number of carbonyl (C=O) groups is 3. The van der Waals surface area contributed by atoms with E-state index in [9.17, 15) is 23.2 Å². The molecule has 0 saturated carbocycles. The second kappa shape index (κ2) is 4.71. The highest BCUT2D eigenvalue weighted by atomic mass is 19.2. The van der Waals surface area contributed by atoms with Gasteiger partial charge in [0.15, 0.2) is 5.82 Å². The van der Waals surface area contributed by atoms with Crippen molar-refractivity contribution in [2.24, 2.45) is 0 Å². The first kappa shape index (κ1) is 13.1. The second-order valence-electron chi connectivity index (χ2n) is 3.98. The third-order valence-electron chi connectivity index (χ3n) is 2.76. The molecule has 1 aromatic rings. The van der Waals surface area contributed by atoms with Crippen molar-refractivity contribution in [2.45, 2.75) is 13.0 Å². The summed E-state index contributed by atoms with van der Waals surface area (Å²) in [4.78, 5) is 38.6. The highest BCUT2D eigenvalue weighted by molar-refractivity contribution is 6.07. The molecule has 2 rings (SSSR count). The van der Waals surface area contributed by atoms with Crippen molar-refractivity contribution in [3.63, 3.8) is 0 Å². The van der Waals surface area contributed by atoms with Gasteiger partial charge in [-0.1, -0.05) is 0 Å². The molecule has 0 spiro atoms. The van der Waals surface area contributed by atoms with Gasteiger partial charge in [-0.3, -0.25) is 19.7 Å². The minimum atomic E-state index is -1.41. The highest BCUT2D eigenvalue weighted by Crippen LogP contribution is 2.15. The fourth-order valence-electron chi connectivity index (χ4n) is 1.70. The lowest BCUT2D eigenvalue weighted by atomic mass is 10.1. The zero-order chi connectivity index (χ0) is 14.2. The number of piperazine rings is 1. The molecule has 0 bridgehead atoms. The van der Waals surface area contributed by atoms with E-state index in [-0.39, 0.29) is 0 Å². The van der Waals surface area contributed by atoms with Crippen molar-refractivity contribution < 1.29 is 23.2 Å². The van der Waals surface area contributed by atoms with Gasteiger partial charge in [-0.15, -0.1) is 0 Å². The lowest BCUT2D eigenvalue weighted by molar-refractivity contribution is -0.138. The van der Waals surface area contributed by atoms with Crippen LogP contribution in [0, 0.1) is 11.8 Å². The number of imide groups is 1. The first-order chi connectivity index (χ1) is 8.91. The van der Waals surface area contributed by atoms with Gasteiger partial charge in [0.25, 0.3) is 5.91 Å². The first-order valence-corrected chi connectivity index (χ1v) is 5.36. The average Bonchev–Trinajstić information content (AvgIpc) is 2.36. The van der Waals surface area contributed by atoms with E-state index in [1.807, 2.05) is 5.32 Å². The Morgan fingerprint density at radius 1 is 1.47 bits per heavy atom. The Morgan fingerprint density at radius 2 is 2.16 bits per heavy atom. The Labute approximate surface area is 106 Å². The minimum absolute atomic E-state index is 0.394. The molecule has 2 heterocycles. The quantitative estimate of drug-likeness (QED) is 0.568. The van der Waals surface area contributed by atoms with Gasteiger partial charge >= 0.3 is 0 Å². The number of nitrogens with zero attached hydrogens (tertiary/aromatic N) is 2. The van der Waals surface area contributed by atoms with Crippen molar-refractivity contribution in [3.05, 3.63) is 29.6 Å². The molecule has 19 heavy (non-hydrogen) atoms. The lowest BCUT2D eigenvalue weighted by Gasteiger charge is -2.31. The van der Waals surface area contributed by atoms with Gasteiger partial charge in [0.05, 0.1) is 5.56 Å². The normalized spacial score (nSPS) is 19.3. The smallest absolute Gasteiger partial charge is 0.258 e. The molecule has 1 aliphatic rings. The van der Waals surface area contributed by atoms with Crippen molar-refractivity contribution in [3.8, 4) is 0 Å². The third-order valence-corrected chi connectivity index (χ3v) is 2.76. The Bertz CT molecular complexity index is 576. The monoisotopic (exact) mass is 269 g/mol. The van der Waals surface area contributed by atoms with Crippen LogP contribution in [-0.2, 0) is 9.59 Å². The van der Waals surface area contributed by atoms with Crippen LogP contribution < -0.4 is 5.32 Å². The topological polar surface area (TPSA) is 79.4 Å². The predicted octanol–water partition coefficient (Wildman–Crippen LogP) is -0.153. The van der Waals surface area contributed by atoms with E-state index in [2.05, 4.69) is 4.98 Å². The van der Waals surface area contributed by atoms with E-state index in [1.54, 1.807) is 0 Å². The summed E-state index contributed by atoms with van der Waals surface area (Å²) >= 11 is 0. The van der Waals surface area contributed by atoms with Crippen LogP contribution in [0.4, 0.5) is 8.78 Å². The van der Waals surface area contributed by atoms with Gasteiger partial charge < -0.3 is 4.90 Å². The maximum absolute atomic E-state index is 13.5. The molecular formula is C11H9F2N3O3. The number of hydrogen-bond donors (Lipinski definition) is 1. The largest absolute Gasteiger partial charge is 0.317 e. The number of rotatable bonds is 1. The van der Waals surface area contributed by atoms with Gasteiger partial charge in [0.2, 0.25) is 17.8 Å². The fraction of sp³-hybridized carbons (Fsp3) is 0.273. The molecule has 1 unspecified atom stereocenters. The molecule has 0 aliphatic carbocycles. The SMILES string of the molecule is CC1C(=O)NC(=O)CN1C(=O)c1ccnc(F)c1F. The molecule has 0 aromatic carbocycles. The summed E-state index contributed by atoms with van der Waals surface area (Å²) in [7, 11) is 0. The maximum atomic E-state index is 13.5.